The Labute approximate surface area is 142 Å². The zero-order chi connectivity index (χ0) is 15.1. The van der Waals surface area contributed by atoms with Gasteiger partial charge >= 0.3 is 0 Å². The zero-order valence-electron chi connectivity index (χ0n) is 13.0. The summed E-state index contributed by atoms with van der Waals surface area (Å²) >= 11 is 3.48. The van der Waals surface area contributed by atoms with Crippen molar-refractivity contribution in [3.63, 3.8) is 0 Å². The number of halogens is 2. The first-order valence-corrected chi connectivity index (χ1v) is 7.96. The summed E-state index contributed by atoms with van der Waals surface area (Å²) in [7, 11) is 0. The van der Waals surface area contributed by atoms with E-state index < -0.39 is 0 Å². The Bertz CT molecular complexity index is 452. The quantitative estimate of drug-likeness (QED) is 0.762. The van der Waals surface area contributed by atoms with Gasteiger partial charge in [-0.1, -0.05) is 41.9 Å². The van der Waals surface area contributed by atoms with Crippen LogP contribution in [0.15, 0.2) is 22.7 Å². The van der Waals surface area contributed by atoms with E-state index in [-0.39, 0.29) is 24.4 Å². The van der Waals surface area contributed by atoms with Crippen molar-refractivity contribution in [3.05, 3.63) is 33.8 Å². The third-order valence-electron chi connectivity index (χ3n) is 3.27. The largest absolute Gasteiger partial charge is 0.352 e. The second-order valence-corrected chi connectivity index (χ2v) is 6.57. The van der Waals surface area contributed by atoms with E-state index in [9.17, 15) is 4.79 Å². The molecule has 0 aromatic heterocycles. The number of carbonyl (C=O) groups is 1. The molecule has 0 heterocycles. The van der Waals surface area contributed by atoms with Crippen molar-refractivity contribution in [3.8, 4) is 0 Å². The fourth-order valence-electron chi connectivity index (χ4n) is 2.20. The number of aryl methyl sites for hydroxylation is 2. The topological polar surface area (TPSA) is 55.1 Å². The number of nitrogens with two attached hydrogens (primary N) is 1. The average molecular weight is 378 g/mol. The summed E-state index contributed by atoms with van der Waals surface area (Å²) in [5, 5.41) is 3.02. The molecule has 0 fully saturated rings. The normalized spacial score (nSPS) is 11.9. The minimum Gasteiger partial charge on any atom is -0.352 e. The molecule has 3 nitrogen and oxygen atoms in total. The Morgan fingerprint density at radius 2 is 2.05 bits per heavy atom. The van der Waals surface area contributed by atoms with Crippen LogP contribution in [0.3, 0.4) is 0 Å². The molecule has 0 aliphatic carbocycles. The van der Waals surface area contributed by atoms with Crippen LogP contribution in [0.2, 0.25) is 0 Å². The standard InChI is InChI=1S/C16H25BrN2O.ClH/c1-11(2)8-14(10-18)19-16(20)7-5-13-4-6-15(17)12(3)9-13;/h4,6,9,11,14H,5,7-8,10,18H2,1-3H3,(H,19,20);1H. The van der Waals surface area contributed by atoms with Gasteiger partial charge < -0.3 is 11.1 Å². The van der Waals surface area contributed by atoms with Crippen LogP contribution in [0, 0.1) is 12.8 Å². The van der Waals surface area contributed by atoms with E-state index in [0.29, 0.717) is 18.9 Å². The lowest BCUT2D eigenvalue weighted by atomic mass is 10.0. The minimum atomic E-state index is 0. The molecule has 0 radical (unpaired) electrons. The van der Waals surface area contributed by atoms with E-state index >= 15 is 0 Å². The van der Waals surface area contributed by atoms with Crippen LogP contribution >= 0.6 is 28.3 Å². The number of hydrogen-bond donors (Lipinski definition) is 2. The smallest absolute Gasteiger partial charge is 0.220 e. The second-order valence-electron chi connectivity index (χ2n) is 5.71. The summed E-state index contributed by atoms with van der Waals surface area (Å²) < 4.78 is 1.10. The van der Waals surface area contributed by atoms with Gasteiger partial charge in [0.15, 0.2) is 0 Å². The first-order valence-electron chi connectivity index (χ1n) is 7.16. The summed E-state index contributed by atoms with van der Waals surface area (Å²) in [6, 6.07) is 6.29. The summed E-state index contributed by atoms with van der Waals surface area (Å²) in [4.78, 5) is 11.9. The van der Waals surface area contributed by atoms with Gasteiger partial charge in [-0.3, -0.25) is 4.79 Å². The van der Waals surface area contributed by atoms with E-state index in [1.165, 1.54) is 11.1 Å². The number of benzene rings is 1. The number of rotatable bonds is 7. The zero-order valence-corrected chi connectivity index (χ0v) is 15.4. The molecule has 0 saturated carbocycles. The maximum atomic E-state index is 11.9. The molecule has 120 valence electrons. The fraction of sp³-hybridized carbons (Fsp3) is 0.562. The average Bonchev–Trinajstić information content (AvgIpc) is 2.39. The van der Waals surface area contributed by atoms with Gasteiger partial charge in [-0.15, -0.1) is 12.4 Å². The summed E-state index contributed by atoms with van der Waals surface area (Å²) in [5.74, 6) is 0.625. The molecule has 1 aromatic rings. The van der Waals surface area contributed by atoms with Crippen molar-refractivity contribution < 1.29 is 4.79 Å². The highest BCUT2D eigenvalue weighted by molar-refractivity contribution is 9.10. The van der Waals surface area contributed by atoms with E-state index in [4.69, 9.17) is 5.73 Å². The van der Waals surface area contributed by atoms with Gasteiger partial charge in [0.1, 0.15) is 0 Å². The van der Waals surface area contributed by atoms with Crippen molar-refractivity contribution in [2.45, 2.75) is 46.1 Å². The second kappa shape index (κ2) is 10.2. The van der Waals surface area contributed by atoms with Crippen LogP contribution in [-0.2, 0) is 11.2 Å². The molecule has 0 spiro atoms. The highest BCUT2D eigenvalue weighted by Gasteiger charge is 2.12. The van der Waals surface area contributed by atoms with Crippen LogP contribution < -0.4 is 11.1 Å². The van der Waals surface area contributed by atoms with Crippen LogP contribution in [0.25, 0.3) is 0 Å². The van der Waals surface area contributed by atoms with E-state index in [1.807, 2.05) is 6.07 Å². The Kier molecular flexibility index (Phi) is 9.92. The SMILES string of the molecule is Cc1cc(CCC(=O)NC(CN)CC(C)C)ccc1Br.Cl. The molecular formula is C16H26BrClN2O. The molecule has 5 heteroatoms. The van der Waals surface area contributed by atoms with Gasteiger partial charge in [-0.05, 0) is 42.9 Å². The first-order chi connectivity index (χ1) is 9.42. The Morgan fingerprint density at radius 1 is 1.38 bits per heavy atom. The lowest BCUT2D eigenvalue weighted by Gasteiger charge is -2.18. The molecule has 1 amide bonds. The van der Waals surface area contributed by atoms with E-state index in [0.717, 1.165) is 17.3 Å². The highest BCUT2D eigenvalue weighted by Crippen LogP contribution is 2.17. The Hall–Kier alpha value is -0.580. The number of amides is 1. The molecule has 1 rings (SSSR count). The maximum absolute atomic E-state index is 11.9. The third kappa shape index (κ3) is 7.84. The predicted molar refractivity (Wildman–Crippen MR) is 94.9 cm³/mol. The summed E-state index contributed by atoms with van der Waals surface area (Å²) in [6.07, 6.45) is 2.20. The van der Waals surface area contributed by atoms with Crippen molar-refractivity contribution in [2.24, 2.45) is 11.7 Å². The van der Waals surface area contributed by atoms with Crippen molar-refractivity contribution >= 4 is 34.2 Å². The molecule has 0 aliphatic heterocycles. The van der Waals surface area contributed by atoms with Gasteiger partial charge in [0.2, 0.25) is 5.91 Å². The fourth-order valence-corrected chi connectivity index (χ4v) is 2.45. The molecule has 3 N–H and O–H groups in total. The molecule has 0 saturated heterocycles. The van der Waals surface area contributed by atoms with Crippen molar-refractivity contribution in [1.82, 2.24) is 5.32 Å². The van der Waals surface area contributed by atoms with Gasteiger partial charge in [0.25, 0.3) is 0 Å². The molecule has 1 unspecified atom stereocenters. The molecular weight excluding hydrogens is 352 g/mol. The lowest BCUT2D eigenvalue weighted by molar-refractivity contribution is -0.121. The van der Waals surface area contributed by atoms with Crippen molar-refractivity contribution in [1.29, 1.82) is 0 Å². The molecule has 0 bridgehead atoms. The van der Waals surface area contributed by atoms with Gasteiger partial charge in [0, 0.05) is 23.5 Å². The number of nitrogens with one attached hydrogen (secondary N) is 1. The first kappa shape index (κ1) is 20.4. The molecule has 1 aromatic carbocycles. The van der Waals surface area contributed by atoms with Crippen LogP contribution in [0.4, 0.5) is 0 Å². The van der Waals surface area contributed by atoms with Crippen LogP contribution in [0.5, 0.6) is 0 Å². The van der Waals surface area contributed by atoms with E-state index in [1.54, 1.807) is 0 Å². The Morgan fingerprint density at radius 3 is 2.57 bits per heavy atom. The van der Waals surface area contributed by atoms with Crippen molar-refractivity contribution in [2.75, 3.05) is 6.54 Å². The lowest BCUT2D eigenvalue weighted by Crippen LogP contribution is -2.41. The van der Waals surface area contributed by atoms with E-state index in [2.05, 4.69) is 54.2 Å². The monoisotopic (exact) mass is 376 g/mol. The van der Waals surface area contributed by atoms with Gasteiger partial charge in [0.05, 0.1) is 0 Å². The summed E-state index contributed by atoms with van der Waals surface area (Å²) in [5.41, 5.74) is 8.08. The minimum absolute atomic E-state index is 0. The Balaban J connectivity index is 0.00000400. The highest BCUT2D eigenvalue weighted by atomic mass is 79.9. The molecule has 0 aliphatic rings. The maximum Gasteiger partial charge on any atom is 0.220 e. The summed E-state index contributed by atoms with van der Waals surface area (Å²) in [6.45, 7) is 6.83. The predicted octanol–water partition coefficient (Wildman–Crippen LogP) is 3.60. The molecule has 21 heavy (non-hydrogen) atoms. The third-order valence-corrected chi connectivity index (χ3v) is 4.16. The number of carbonyl (C=O) groups excluding carboxylic acids is 1. The molecule has 1 atom stereocenters. The van der Waals surface area contributed by atoms with Gasteiger partial charge in [-0.2, -0.15) is 0 Å². The number of hydrogen-bond acceptors (Lipinski definition) is 2. The van der Waals surface area contributed by atoms with Crippen LogP contribution in [-0.4, -0.2) is 18.5 Å². The van der Waals surface area contributed by atoms with Crippen LogP contribution in [0.1, 0.15) is 37.8 Å². The van der Waals surface area contributed by atoms with Gasteiger partial charge in [-0.25, -0.2) is 0 Å².